The standard InChI is InChI=1S/C22H24N4O3/c1-13-10-17-18(11-14(13)2)22(27)26(21(17)24-25-23)15-8-9-19(28-3)20(12-15)29-16-6-4-5-7-16/h8-12,16,21H,4-7H2,1-3H3. The molecule has 0 saturated heterocycles. The van der Waals surface area contributed by atoms with Crippen molar-refractivity contribution in [1.82, 2.24) is 0 Å². The van der Waals surface area contributed by atoms with Gasteiger partial charge in [-0.2, -0.15) is 0 Å². The van der Waals surface area contributed by atoms with E-state index in [0.29, 0.717) is 22.7 Å². The highest BCUT2D eigenvalue weighted by atomic mass is 16.5. The van der Waals surface area contributed by atoms with Gasteiger partial charge in [0, 0.05) is 22.2 Å². The fraction of sp³-hybridized carbons (Fsp3) is 0.409. The normalized spacial score (nSPS) is 18.5. The molecule has 1 saturated carbocycles. The summed E-state index contributed by atoms with van der Waals surface area (Å²) in [6.45, 7) is 3.95. The molecule has 2 aromatic carbocycles. The predicted molar refractivity (Wildman–Crippen MR) is 110 cm³/mol. The van der Waals surface area contributed by atoms with Crippen molar-refractivity contribution in [1.29, 1.82) is 0 Å². The summed E-state index contributed by atoms with van der Waals surface area (Å²) >= 11 is 0. The molecule has 2 aromatic rings. The molecule has 0 bridgehead atoms. The summed E-state index contributed by atoms with van der Waals surface area (Å²) < 4.78 is 11.6. The third-order valence-corrected chi connectivity index (χ3v) is 5.82. The van der Waals surface area contributed by atoms with Gasteiger partial charge in [-0.25, -0.2) is 0 Å². The second-order valence-electron chi connectivity index (χ2n) is 7.64. The number of carbonyl (C=O) groups is 1. The Bertz CT molecular complexity index is 1010. The summed E-state index contributed by atoms with van der Waals surface area (Å²) in [5, 5.41) is 3.93. The van der Waals surface area contributed by atoms with Gasteiger partial charge in [0.25, 0.3) is 5.91 Å². The minimum Gasteiger partial charge on any atom is -0.493 e. The highest BCUT2D eigenvalue weighted by Gasteiger charge is 2.38. The van der Waals surface area contributed by atoms with Gasteiger partial charge in [-0.3, -0.25) is 9.69 Å². The summed E-state index contributed by atoms with van der Waals surface area (Å²) in [4.78, 5) is 17.8. The summed E-state index contributed by atoms with van der Waals surface area (Å²) in [6.07, 6.45) is 3.77. The number of hydrogen-bond acceptors (Lipinski definition) is 4. The fourth-order valence-corrected chi connectivity index (χ4v) is 4.13. The number of aryl methyl sites for hydroxylation is 2. The molecule has 0 aromatic heterocycles. The van der Waals surface area contributed by atoms with E-state index < -0.39 is 6.17 Å². The Kier molecular flexibility index (Phi) is 5.07. The first-order chi connectivity index (χ1) is 14.0. The van der Waals surface area contributed by atoms with E-state index in [2.05, 4.69) is 10.0 Å². The number of methoxy groups -OCH3 is 1. The lowest BCUT2D eigenvalue weighted by Crippen LogP contribution is -2.26. The van der Waals surface area contributed by atoms with Crippen LogP contribution in [0.25, 0.3) is 10.4 Å². The maximum atomic E-state index is 13.2. The monoisotopic (exact) mass is 392 g/mol. The van der Waals surface area contributed by atoms with Crippen LogP contribution in [-0.2, 0) is 0 Å². The topological polar surface area (TPSA) is 87.5 Å². The van der Waals surface area contributed by atoms with Gasteiger partial charge in [-0.1, -0.05) is 11.2 Å². The van der Waals surface area contributed by atoms with Crippen LogP contribution in [-0.4, -0.2) is 19.1 Å². The molecule has 1 fully saturated rings. The molecule has 150 valence electrons. The fourth-order valence-electron chi connectivity index (χ4n) is 4.13. The average Bonchev–Trinajstić information content (AvgIpc) is 3.30. The van der Waals surface area contributed by atoms with Gasteiger partial charge < -0.3 is 9.47 Å². The Morgan fingerprint density at radius 2 is 1.83 bits per heavy atom. The van der Waals surface area contributed by atoms with Crippen molar-refractivity contribution in [2.45, 2.75) is 51.8 Å². The molecule has 1 aliphatic heterocycles. The van der Waals surface area contributed by atoms with Crippen LogP contribution in [0.15, 0.2) is 35.4 Å². The van der Waals surface area contributed by atoms with Gasteiger partial charge in [0.1, 0.15) is 6.17 Å². The van der Waals surface area contributed by atoms with Gasteiger partial charge in [0.15, 0.2) is 11.5 Å². The van der Waals surface area contributed by atoms with Crippen molar-refractivity contribution in [3.8, 4) is 11.5 Å². The number of anilines is 1. The largest absolute Gasteiger partial charge is 0.493 e. The SMILES string of the molecule is COc1ccc(N2C(=O)c3cc(C)c(C)cc3C2N=[N+]=[N-])cc1OC1CCCC1. The number of amides is 1. The second kappa shape index (κ2) is 7.68. The minimum absolute atomic E-state index is 0.156. The van der Waals surface area contributed by atoms with Crippen molar-refractivity contribution in [3.63, 3.8) is 0 Å². The van der Waals surface area contributed by atoms with Crippen molar-refractivity contribution >= 4 is 11.6 Å². The van der Waals surface area contributed by atoms with Crippen LogP contribution in [0, 0.1) is 13.8 Å². The average molecular weight is 392 g/mol. The molecule has 4 rings (SSSR count). The molecule has 0 radical (unpaired) electrons. The van der Waals surface area contributed by atoms with Gasteiger partial charge in [0.2, 0.25) is 0 Å². The first-order valence-corrected chi connectivity index (χ1v) is 9.87. The van der Waals surface area contributed by atoms with Crippen molar-refractivity contribution in [2.75, 3.05) is 12.0 Å². The minimum atomic E-state index is -0.727. The van der Waals surface area contributed by atoms with Crippen LogP contribution in [0.3, 0.4) is 0 Å². The molecule has 29 heavy (non-hydrogen) atoms. The van der Waals surface area contributed by atoms with Crippen LogP contribution >= 0.6 is 0 Å². The number of benzene rings is 2. The van der Waals surface area contributed by atoms with Crippen molar-refractivity contribution in [2.24, 2.45) is 5.11 Å². The summed E-state index contributed by atoms with van der Waals surface area (Å²) in [7, 11) is 1.60. The van der Waals surface area contributed by atoms with Gasteiger partial charge in [-0.15, -0.1) is 0 Å². The molecule has 1 heterocycles. The molecule has 1 amide bonds. The molecule has 7 heteroatoms. The Morgan fingerprint density at radius 1 is 1.10 bits per heavy atom. The lowest BCUT2D eigenvalue weighted by Gasteiger charge is -2.24. The maximum Gasteiger partial charge on any atom is 0.259 e. The van der Waals surface area contributed by atoms with E-state index in [-0.39, 0.29) is 12.0 Å². The van der Waals surface area contributed by atoms with Crippen LogP contribution in [0.2, 0.25) is 0 Å². The predicted octanol–water partition coefficient (Wildman–Crippen LogP) is 5.60. The lowest BCUT2D eigenvalue weighted by atomic mass is 10.0. The molecular formula is C22H24N4O3. The van der Waals surface area contributed by atoms with Crippen molar-refractivity contribution < 1.29 is 14.3 Å². The molecule has 0 spiro atoms. The Hall–Kier alpha value is -3.18. The highest BCUT2D eigenvalue weighted by Crippen LogP contribution is 2.43. The molecule has 0 N–H and O–H groups in total. The molecular weight excluding hydrogens is 368 g/mol. The smallest absolute Gasteiger partial charge is 0.259 e. The number of azide groups is 1. The zero-order valence-corrected chi connectivity index (χ0v) is 16.9. The third kappa shape index (κ3) is 3.38. The van der Waals surface area contributed by atoms with E-state index in [1.165, 1.54) is 4.90 Å². The highest BCUT2D eigenvalue weighted by molar-refractivity contribution is 6.11. The molecule has 2 aliphatic rings. The van der Waals surface area contributed by atoms with Gasteiger partial charge in [0.05, 0.1) is 13.2 Å². The Morgan fingerprint density at radius 3 is 2.52 bits per heavy atom. The zero-order valence-electron chi connectivity index (χ0n) is 16.9. The third-order valence-electron chi connectivity index (χ3n) is 5.82. The molecule has 7 nitrogen and oxygen atoms in total. The summed E-state index contributed by atoms with van der Waals surface area (Å²) in [5.74, 6) is 1.04. The molecule has 1 atom stereocenters. The van der Waals surface area contributed by atoms with E-state index in [4.69, 9.17) is 15.0 Å². The van der Waals surface area contributed by atoms with Gasteiger partial charge >= 0.3 is 0 Å². The summed E-state index contributed by atoms with van der Waals surface area (Å²) in [6, 6.07) is 9.19. The number of ether oxygens (including phenoxy) is 2. The van der Waals surface area contributed by atoms with E-state index in [1.807, 2.05) is 26.0 Å². The van der Waals surface area contributed by atoms with Gasteiger partial charge in [-0.05, 0) is 80.0 Å². The van der Waals surface area contributed by atoms with Crippen LogP contribution in [0.1, 0.15) is 58.9 Å². The van der Waals surface area contributed by atoms with Crippen LogP contribution in [0.5, 0.6) is 11.5 Å². The van der Waals surface area contributed by atoms with Crippen molar-refractivity contribution in [3.05, 3.63) is 63.0 Å². The first-order valence-electron chi connectivity index (χ1n) is 9.87. The van der Waals surface area contributed by atoms with Crippen LogP contribution in [0.4, 0.5) is 5.69 Å². The number of nitrogens with zero attached hydrogens (tertiary/aromatic N) is 4. The number of hydrogen-bond donors (Lipinski definition) is 0. The number of fused-ring (bicyclic) bond motifs is 1. The van der Waals surface area contributed by atoms with Crippen LogP contribution < -0.4 is 14.4 Å². The zero-order chi connectivity index (χ0) is 20.5. The van der Waals surface area contributed by atoms with E-state index in [1.54, 1.807) is 25.3 Å². The quantitative estimate of drug-likeness (QED) is 0.377. The Balaban J connectivity index is 1.76. The lowest BCUT2D eigenvalue weighted by molar-refractivity contribution is 0.0991. The number of rotatable bonds is 5. The number of carbonyl (C=O) groups excluding carboxylic acids is 1. The summed E-state index contributed by atoms with van der Waals surface area (Å²) in [5.41, 5.74) is 13.1. The van der Waals surface area contributed by atoms with E-state index in [0.717, 1.165) is 42.4 Å². The molecule has 1 aliphatic carbocycles. The Labute approximate surface area is 169 Å². The van der Waals surface area contributed by atoms with E-state index in [9.17, 15) is 4.79 Å². The first kappa shape index (κ1) is 19.2. The van der Waals surface area contributed by atoms with E-state index >= 15 is 0 Å². The maximum absolute atomic E-state index is 13.2. The second-order valence-corrected chi connectivity index (χ2v) is 7.64. The molecule has 1 unspecified atom stereocenters.